The molecule has 0 spiro atoms. The molecule has 33 heteroatoms. The number of aromatic nitrogens is 8. The Kier molecular flexibility index (Phi) is 41.7. The van der Waals surface area contributed by atoms with E-state index in [0.717, 1.165) is 76.2 Å². The Morgan fingerprint density at radius 2 is 1.08 bits per heavy atom. The number of nitrogen functional groups attached to an aromatic ring is 1. The molecule has 0 fully saturated rings. The van der Waals surface area contributed by atoms with Crippen molar-refractivity contribution in [3.8, 4) is 0 Å². The number of rotatable bonds is 60. The number of hydrogen-bond donors (Lipinski definition) is 11. The van der Waals surface area contributed by atoms with E-state index in [0.29, 0.717) is 73.5 Å². The van der Waals surface area contributed by atoms with Crippen molar-refractivity contribution >= 4 is 92.8 Å². The molecule has 0 saturated heterocycles. The molecule has 5 amide bonds. The molecule has 4 aromatic heterocycles. The number of ether oxygens (including phenoxy) is 4. The van der Waals surface area contributed by atoms with Gasteiger partial charge in [0.05, 0.1) is 75.9 Å². The average molecular weight is 1560 g/mol. The van der Waals surface area contributed by atoms with Gasteiger partial charge < -0.3 is 71.8 Å². The molecule has 0 radical (unpaired) electrons. The minimum Gasteiger partial charge on any atom is -0.481 e. The van der Waals surface area contributed by atoms with Crippen molar-refractivity contribution in [2.75, 3.05) is 83.5 Å². The number of nitrogens with one attached hydrogen (secondary N) is 8. The summed E-state index contributed by atoms with van der Waals surface area (Å²) in [6.45, 7) is 6.30. The van der Waals surface area contributed by atoms with Crippen LogP contribution in [0.2, 0.25) is 0 Å². The van der Waals surface area contributed by atoms with Gasteiger partial charge in [-0.1, -0.05) is 75.4 Å². The summed E-state index contributed by atoms with van der Waals surface area (Å²) in [5.41, 5.74) is 8.31. The Hall–Kier alpha value is -10.6. The molecule has 0 saturated carbocycles. The van der Waals surface area contributed by atoms with Gasteiger partial charge in [-0.3, -0.25) is 57.7 Å². The van der Waals surface area contributed by atoms with Gasteiger partial charge in [-0.25, -0.2) is 29.7 Å². The first-order valence-corrected chi connectivity index (χ1v) is 38.7. The number of nitrogens with zero attached hydrogens (tertiary/aromatic N) is 6. The summed E-state index contributed by atoms with van der Waals surface area (Å²) in [5, 5.41) is 36.5. The maximum atomic E-state index is 13.5. The second-order valence-electron chi connectivity index (χ2n) is 27.2. The number of H-pyrrole nitrogens is 2. The van der Waals surface area contributed by atoms with Crippen molar-refractivity contribution in [2.24, 2.45) is 5.92 Å². The van der Waals surface area contributed by atoms with Crippen LogP contribution in [0.4, 0.5) is 11.6 Å². The van der Waals surface area contributed by atoms with E-state index in [-0.39, 0.29) is 193 Å². The normalized spacial score (nSPS) is 12.1. The number of hydrogen-bond acceptors (Lipinski definition) is 24. The smallest absolute Gasteiger partial charge is 0.326 e. The molecule has 33 nitrogen and oxygen atoms in total. The van der Waals surface area contributed by atoms with E-state index < -0.39 is 58.8 Å². The lowest BCUT2D eigenvalue weighted by molar-refractivity contribution is -0.142. The van der Waals surface area contributed by atoms with Crippen LogP contribution in [-0.4, -0.2) is 193 Å². The van der Waals surface area contributed by atoms with Crippen LogP contribution in [0.1, 0.15) is 205 Å². The summed E-state index contributed by atoms with van der Waals surface area (Å²) >= 11 is 0. The van der Waals surface area contributed by atoms with Gasteiger partial charge >= 0.3 is 11.9 Å². The van der Waals surface area contributed by atoms with Crippen LogP contribution in [-0.2, 0) is 76.7 Å². The fourth-order valence-electron chi connectivity index (χ4n) is 11.7. The number of amides is 5. The summed E-state index contributed by atoms with van der Waals surface area (Å²) in [4.78, 5) is 182. The maximum Gasteiger partial charge on any atom is 0.326 e. The van der Waals surface area contributed by atoms with E-state index in [1.54, 1.807) is 43.3 Å². The Morgan fingerprint density at radius 1 is 0.509 bits per heavy atom. The van der Waals surface area contributed by atoms with Crippen LogP contribution in [0.3, 0.4) is 0 Å². The zero-order chi connectivity index (χ0) is 80.7. The highest BCUT2D eigenvalue weighted by Crippen LogP contribution is 2.19. The summed E-state index contributed by atoms with van der Waals surface area (Å²) in [6.07, 6.45) is 20.4. The second kappa shape index (κ2) is 51.8. The van der Waals surface area contributed by atoms with Crippen molar-refractivity contribution in [2.45, 2.75) is 199 Å². The zero-order valence-electron chi connectivity index (χ0n) is 64.2. The molecule has 12 N–H and O–H groups in total. The van der Waals surface area contributed by atoms with Gasteiger partial charge in [-0.15, -0.1) is 0 Å². The Bertz CT molecular complexity index is 4160. The van der Waals surface area contributed by atoms with Gasteiger partial charge in [-0.05, 0) is 120 Å². The molecule has 608 valence electrons. The summed E-state index contributed by atoms with van der Waals surface area (Å²) < 4.78 is 22.5. The van der Waals surface area contributed by atoms with Gasteiger partial charge in [0.15, 0.2) is 28.1 Å². The van der Waals surface area contributed by atoms with Crippen LogP contribution < -0.4 is 48.8 Å². The molecule has 0 bridgehead atoms. The lowest BCUT2D eigenvalue weighted by Gasteiger charge is -2.18. The van der Waals surface area contributed by atoms with Crippen molar-refractivity contribution in [3.63, 3.8) is 0 Å². The second-order valence-corrected chi connectivity index (χ2v) is 27.2. The number of aryl methyl sites for hydroxylation is 3. The van der Waals surface area contributed by atoms with Crippen molar-refractivity contribution in [3.05, 3.63) is 128 Å². The van der Waals surface area contributed by atoms with Gasteiger partial charge in [0.2, 0.25) is 29.6 Å². The van der Waals surface area contributed by atoms with E-state index in [1.165, 1.54) is 24.5 Å². The molecule has 3 atom stereocenters. The third kappa shape index (κ3) is 36.0. The first-order chi connectivity index (χ1) is 54.1. The standard InChI is InChI=1S/C79H109N15O18/c1-3-4-5-14-21-66(98)81-37-16-13-11-9-7-6-8-10-12-15-22-68(100)91-64(74(102)83-39-43-112-47-45-109-40-17-19-61(95)34-35-63(78(107)108)92-73(101)56-28-32-58(33-29-56)84-51-60-52-86-71-69(90-60)75(103)88-53(2)87-71)49-62(96)20-18-41-110-44-46-111-42-38-82-67(99)36-30-57(77(105)106)48-65(97)55-26-23-54(24-27-55)25-31-59-50-85-72-70(89-59)76(104)94-79(80)93-72/h7,9,23-24,26-29,32-33,50,52,57,63-64,84H,3-6,8,10-22,25,30-31,34-49,51H2,1-2H3,(H,81,98)(H,82,99)(H,83,102)(H,91,100)(H,92,101)(H,105,106)(H,107,108)(H,86,87,88,103)(H3,80,85,93,94,104)/b9-7-/t57-,63+,64+/m1/s1. The lowest BCUT2D eigenvalue weighted by Crippen LogP contribution is -2.48. The quantitative estimate of drug-likeness (QED) is 0.0107. The Labute approximate surface area is 650 Å². The van der Waals surface area contributed by atoms with E-state index in [2.05, 4.69) is 90.8 Å². The number of benzene rings is 2. The molecule has 0 unspecified atom stereocenters. The number of unbranched alkanes of at least 4 members (excludes halogenated alkanes) is 9. The minimum atomic E-state index is -1.31. The number of aromatic amines is 2. The molecular formula is C79H109N15O18. The first-order valence-electron chi connectivity index (χ1n) is 38.7. The number of carbonyl (C=O) groups excluding carboxylic acids is 8. The van der Waals surface area contributed by atoms with Gasteiger partial charge in [-0.2, -0.15) is 4.98 Å². The van der Waals surface area contributed by atoms with Crippen LogP contribution in [0.5, 0.6) is 0 Å². The van der Waals surface area contributed by atoms with Crippen LogP contribution in [0.25, 0.3) is 22.3 Å². The summed E-state index contributed by atoms with van der Waals surface area (Å²) in [7, 11) is 0. The van der Waals surface area contributed by atoms with E-state index in [9.17, 15) is 67.7 Å². The number of carbonyl (C=O) groups is 10. The number of ketones is 3. The van der Waals surface area contributed by atoms with Gasteiger partial charge in [0, 0.05) is 101 Å². The lowest BCUT2D eigenvalue weighted by atomic mass is 9.93. The molecule has 0 aliphatic rings. The van der Waals surface area contributed by atoms with Crippen molar-refractivity contribution in [1.82, 2.24) is 66.5 Å². The number of fused-ring (bicyclic) bond motifs is 2. The van der Waals surface area contributed by atoms with E-state index in [1.807, 2.05) is 0 Å². The maximum absolute atomic E-state index is 13.5. The third-order valence-corrected chi connectivity index (χ3v) is 18.0. The molecule has 4 heterocycles. The minimum absolute atomic E-state index is 0.0589. The third-order valence-electron chi connectivity index (χ3n) is 18.0. The predicted octanol–water partition coefficient (Wildman–Crippen LogP) is 6.77. The number of aliphatic carboxylic acids is 2. The fraction of sp³-hybridized carbons (Fsp3) is 0.544. The van der Waals surface area contributed by atoms with Gasteiger partial charge in [0.1, 0.15) is 29.5 Å². The Morgan fingerprint density at radius 3 is 1.75 bits per heavy atom. The summed E-state index contributed by atoms with van der Waals surface area (Å²) in [5.74, 6) is -5.87. The average Bonchev–Trinajstić information content (AvgIpc) is 0.817. The number of Topliss-reactive ketones (excluding diaryl/α,β-unsaturated/α-hetero) is 3. The Balaban J connectivity index is 0.812. The predicted molar refractivity (Wildman–Crippen MR) is 417 cm³/mol. The molecule has 112 heavy (non-hydrogen) atoms. The highest BCUT2D eigenvalue weighted by molar-refractivity contribution is 5.98. The van der Waals surface area contributed by atoms with Crippen molar-refractivity contribution < 1.29 is 77.1 Å². The van der Waals surface area contributed by atoms with Crippen molar-refractivity contribution in [1.29, 1.82) is 0 Å². The van der Waals surface area contributed by atoms with Crippen LogP contribution in [0, 0.1) is 12.8 Å². The van der Waals surface area contributed by atoms with E-state index in [4.69, 9.17) is 24.7 Å². The number of carboxylic acids is 2. The number of nitrogens with two attached hydrogens (primary N) is 1. The summed E-state index contributed by atoms with van der Waals surface area (Å²) in [6, 6.07) is 10.6. The molecule has 6 rings (SSSR count). The van der Waals surface area contributed by atoms with Gasteiger partial charge in [0.25, 0.3) is 17.0 Å². The molecule has 6 aromatic rings. The molecule has 2 aromatic carbocycles. The van der Waals surface area contributed by atoms with E-state index >= 15 is 0 Å². The number of anilines is 2. The number of carboxylic acid groups (broad SMARTS) is 2. The highest BCUT2D eigenvalue weighted by Gasteiger charge is 2.26. The molecule has 0 aliphatic carbocycles. The number of allylic oxidation sites excluding steroid dienone is 2. The van der Waals surface area contributed by atoms with Crippen LogP contribution in [0.15, 0.2) is 82.7 Å². The van der Waals surface area contributed by atoms with Crippen LogP contribution >= 0.6 is 0 Å². The first kappa shape index (κ1) is 90.2. The zero-order valence-corrected chi connectivity index (χ0v) is 64.2. The fourth-order valence-corrected chi connectivity index (χ4v) is 11.7. The topological polar surface area (TPSA) is 489 Å². The SMILES string of the molecule is CCCCCCC(=O)NCCCC/C=C\CCCCCCC(=O)N[C@@H](CC(=O)CCCOCCOCCNC(=O)CC[C@H](CC(=O)c1ccc(CCc2cnc3nc(N)[nH]c(=O)c3n2)cc1)C(=O)O)C(=O)NCCOCCOCCCC(=O)CC[C@H](NC(=O)c1ccc(NCc2cnc3nc(C)[nH]c(=O)c3n2)cc1)C(=O)O. The largest absolute Gasteiger partial charge is 0.481 e. The molecule has 0 aliphatic heterocycles. The highest BCUT2D eigenvalue weighted by atomic mass is 16.5. The molecular weight excluding hydrogens is 1450 g/mol. The monoisotopic (exact) mass is 1560 g/mol.